The summed E-state index contributed by atoms with van der Waals surface area (Å²) in [4.78, 5) is 19.4. The van der Waals surface area contributed by atoms with Crippen LogP contribution in [0.25, 0.3) is 11.0 Å². The van der Waals surface area contributed by atoms with Crippen molar-refractivity contribution in [2.75, 3.05) is 5.32 Å². The van der Waals surface area contributed by atoms with Crippen LogP contribution >= 0.6 is 0 Å². The third-order valence-electron chi connectivity index (χ3n) is 3.01. The summed E-state index contributed by atoms with van der Waals surface area (Å²) in [5, 5.41) is 3.70. The van der Waals surface area contributed by atoms with E-state index in [0.717, 1.165) is 22.3 Å². The molecule has 4 heteroatoms. The first-order valence-corrected chi connectivity index (χ1v) is 6.04. The third-order valence-corrected chi connectivity index (χ3v) is 3.01. The molecule has 0 aliphatic heterocycles. The van der Waals surface area contributed by atoms with Gasteiger partial charge in [-0.1, -0.05) is 17.7 Å². The number of fused-ring (bicyclic) bond motifs is 1. The lowest BCUT2D eigenvalue weighted by atomic mass is 10.2. The molecule has 0 saturated heterocycles. The molecule has 19 heavy (non-hydrogen) atoms. The fraction of sp³-hybridized carbons (Fsp3) is 0.0667. The highest BCUT2D eigenvalue weighted by Gasteiger charge is 2.12. The smallest absolute Gasteiger partial charge is 0.257 e. The molecule has 3 rings (SSSR count). The summed E-state index contributed by atoms with van der Waals surface area (Å²) in [7, 11) is 0. The largest absolute Gasteiger partial charge is 0.345 e. The second kappa shape index (κ2) is 4.57. The molecule has 2 aromatic heterocycles. The molecule has 1 amide bonds. The Morgan fingerprint density at radius 3 is 2.79 bits per heavy atom. The van der Waals surface area contributed by atoms with Crippen LogP contribution in [0.4, 0.5) is 5.69 Å². The molecule has 2 heterocycles. The van der Waals surface area contributed by atoms with Gasteiger partial charge in [-0.15, -0.1) is 0 Å². The van der Waals surface area contributed by atoms with Crippen LogP contribution in [0.5, 0.6) is 0 Å². The zero-order valence-corrected chi connectivity index (χ0v) is 10.5. The number of aryl methyl sites for hydroxylation is 1. The van der Waals surface area contributed by atoms with E-state index in [1.807, 2.05) is 43.3 Å². The number of hydrogen-bond acceptors (Lipinski definition) is 2. The maximum atomic E-state index is 12.2. The number of benzene rings is 1. The minimum atomic E-state index is -0.136. The highest BCUT2D eigenvalue weighted by atomic mass is 16.1. The average Bonchev–Trinajstić information content (AvgIpc) is 2.85. The number of amides is 1. The number of hydrogen-bond donors (Lipinski definition) is 2. The lowest BCUT2D eigenvalue weighted by Crippen LogP contribution is -2.11. The normalized spacial score (nSPS) is 10.6. The van der Waals surface area contributed by atoms with E-state index in [0.29, 0.717) is 5.56 Å². The Bertz CT molecular complexity index is 728. The third kappa shape index (κ3) is 2.20. The first-order valence-electron chi connectivity index (χ1n) is 6.04. The highest BCUT2D eigenvalue weighted by Crippen LogP contribution is 2.17. The molecule has 4 nitrogen and oxygen atoms in total. The quantitative estimate of drug-likeness (QED) is 0.735. The summed E-state index contributed by atoms with van der Waals surface area (Å²) < 4.78 is 0. The molecule has 0 spiro atoms. The monoisotopic (exact) mass is 251 g/mol. The molecule has 1 aromatic carbocycles. The average molecular weight is 251 g/mol. The van der Waals surface area contributed by atoms with Crippen LogP contribution in [0.2, 0.25) is 0 Å². The molecule has 0 aliphatic rings. The van der Waals surface area contributed by atoms with Crippen LogP contribution < -0.4 is 5.32 Å². The summed E-state index contributed by atoms with van der Waals surface area (Å²) in [6, 6.07) is 11.4. The first-order chi connectivity index (χ1) is 9.24. The molecular weight excluding hydrogens is 238 g/mol. The van der Waals surface area contributed by atoms with Gasteiger partial charge in [0.25, 0.3) is 5.91 Å². The van der Waals surface area contributed by atoms with E-state index in [1.54, 1.807) is 12.4 Å². The molecule has 0 atom stereocenters. The minimum Gasteiger partial charge on any atom is -0.345 e. The molecule has 0 radical (unpaired) electrons. The maximum Gasteiger partial charge on any atom is 0.257 e. The van der Waals surface area contributed by atoms with Crippen LogP contribution in [-0.2, 0) is 0 Å². The standard InChI is InChI=1S/C15H13N3O/c1-10-4-6-11(7-5-10)18-15(19)13-9-17-14-12(13)3-2-8-16-14/h2-9H,1H3,(H,16,17)(H,18,19). The Hall–Kier alpha value is -2.62. The van der Waals surface area contributed by atoms with Gasteiger partial charge in [0.2, 0.25) is 0 Å². The number of carbonyl (C=O) groups is 1. The van der Waals surface area contributed by atoms with Crippen molar-refractivity contribution in [1.29, 1.82) is 0 Å². The summed E-state index contributed by atoms with van der Waals surface area (Å²) in [5.41, 5.74) is 3.27. The number of H-pyrrole nitrogens is 1. The van der Waals surface area contributed by atoms with Crippen molar-refractivity contribution >= 4 is 22.6 Å². The van der Waals surface area contributed by atoms with Crippen molar-refractivity contribution in [3.05, 3.63) is 59.9 Å². The number of pyridine rings is 1. The summed E-state index contributed by atoms with van der Waals surface area (Å²) >= 11 is 0. The van der Waals surface area contributed by atoms with Gasteiger partial charge >= 0.3 is 0 Å². The summed E-state index contributed by atoms with van der Waals surface area (Å²) in [5.74, 6) is -0.136. The van der Waals surface area contributed by atoms with Crippen molar-refractivity contribution in [2.24, 2.45) is 0 Å². The van der Waals surface area contributed by atoms with E-state index in [-0.39, 0.29) is 5.91 Å². The fourth-order valence-corrected chi connectivity index (χ4v) is 1.98. The van der Waals surface area contributed by atoms with Crippen LogP contribution in [0.3, 0.4) is 0 Å². The van der Waals surface area contributed by atoms with E-state index in [2.05, 4.69) is 15.3 Å². The van der Waals surface area contributed by atoms with Crippen LogP contribution in [0.1, 0.15) is 15.9 Å². The molecular formula is C15H13N3O. The predicted octanol–water partition coefficient (Wildman–Crippen LogP) is 3.12. The van der Waals surface area contributed by atoms with Gasteiger partial charge in [-0.05, 0) is 31.2 Å². The fourth-order valence-electron chi connectivity index (χ4n) is 1.98. The SMILES string of the molecule is Cc1ccc(NC(=O)c2c[nH]c3ncccc23)cc1. The summed E-state index contributed by atoms with van der Waals surface area (Å²) in [6.07, 6.45) is 3.38. The van der Waals surface area contributed by atoms with Gasteiger partial charge in [0, 0.05) is 23.5 Å². The van der Waals surface area contributed by atoms with E-state index >= 15 is 0 Å². The Labute approximate surface area is 110 Å². The number of rotatable bonds is 2. The van der Waals surface area contributed by atoms with Gasteiger partial charge < -0.3 is 10.3 Å². The number of aromatic nitrogens is 2. The molecule has 0 fully saturated rings. The van der Waals surface area contributed by atoms with Crippen LogP contribution in [0.15, 0.2) is 48.8 Å². The second-order valence-electron chi connectivity index (χ2n) is 4.42. The van der Waals surface area contributed by atoms with Crippen molar-refractivity contribution in [1.82, 2.24) is 9.97 Å². The number of nitrogens with one attached hydrogen (secondary N) is 2. The van der Waals surface area contributed by atoms with E-state index in [1.165, 1.54) is 0 Å². The van der Waals surface area contributed by atoms with Crippen molar-refractivity contribution in [3.8, 4) is 0 Å². The van der Waals surface area contributed by atoms with Crippen LogP contribution in [-0.4, -0.2) is 15.9 Å². The zero-order valence-electron chi connectivity index (χ0n) is 10.5. The van der Waals surface area contributed by atoms with E-state index < -0.39 is 0 Å². The predicted molar refractivity (Wildman–Crippen MR) is 75.2 cm³/mol. The molecule has 94 valence electrons. The van der Waals surface area contributed by atoms with Crippen molar-refractivity contribution < 1.29 is 4.79 Å². The van der Waals surface area contributed by atoms with Crippen LogP contribution in [0, 0.1) is 6.92 Å². The molecule has 2 N–H and O–H groups in total. The molecule has 3 aromatic rings. The molecule has 0 unspecified atom stereocenters. The van der Waals surface area contributed by atoms with Gasteiger partial charge in [-0.2, -0.15) is 0 Å². The van der Waals surface area contributed by atoms with Gasteiger partial charge in [-0.25, -0.2) is 4.98 Å². The molecule has 0 bridgehead atoms. The number of carbonyl (C=O) groups excluding carboxylic acids is 1. The second-order valence-corrected chi connectivity index (χ2v) is 4.42. The van der Waals surface area contributed by atoms with Gasteiger partial charge in [0.05, 0.1) is 5.56 Å². The number of nitrogens with zero attached hydrogens (tertiary/aromatic N) is 1. The molecule has 0 saturated carbocycles. The Balaban J connectivity index is 1.90. The number of anilines is 1. The minimum absolute atomic E-state index is 0.136. The van der Waals surface area contributed by atoms with Crippen molar-refractivity contribution in [3.63, 3.8) is 0 Å². The topological polar surface area (TPSA) is 57.8 Å². The maximum absolute atomic E-state index is 12.2. The Morgan fingerprint density at radius 1 is 1.21 bits per heavy atom. The number of aromatic amines is 1. The van der Waals surface area contributed by atoms with Gasteiger partial charge in [-0.3, -0.25) is 4.79 Å². The Morgan fingerprint density at radius 2 is 2.00 bits per heavy atom. The lowest BCUT2D eigenvalue weighted by Gasteiger charge is -2.04. The van der Waals surface area contributed by atoms with E-state index in [9.17, 15) is 4.79 Å². The van der Waals surface area contributed by atoms with Crippen molar-refractivity contribution in [2.45, 2.75) is 6.92 Å². The molecule has 0 aliphatic carbocycles. The Kier molecular flexibility index (Phi) is 2.76. The lowest BCUT2D eigenvalue weighted by molar-refractivity contribution is 0.102. The van der Waals surface area contributed by atoms with E-state index in [4.69, 9.17) is 0 Å². The van der Waals surface area contributed by atoms with Gasteiger partial charge in [0.1, 0.15) is 5.65 Å². The first kappa shape index (κ1) is 11.5. The summed E-state index contributed by atoms with van der Waals surface area (Å²) in [6.45, 7) is 2.01. The zero-order chi connectivity index (χ0) is 13.2. The highest BCUT2D eigenvalue weighted by molar-refractivity contribution is 6.12. The van der Waals surface area contributed by atoms with Gasteiger partial charge in [0.15, 0.2) is 0 Å².